The molecule has 8 nitrogen and oxygen atoms in total. The normalized spacial score (nSPS) is 16.5. The predicted molar refractivity (Wildman–Crippen MR) is 148 cm³/mol. The first-order valence-electron chi connectivity index (χ1n) is 14.3. The molecule has 46 heavy (non-hydrogen) atoms. The lowest BCUT2D eigenvalue weighted by atomic mass is 9.93. The molecule has 1 amide bonds. The number of nitrogens with zero attached hydrogens (tertiary/aromatic N) is 6. The van der Waals surface area contributed by atoms with Gasteiger partial charge in [0.05, 0.1) is 35.5 Å². The van der Waals surface area contributed by atoms with Gasteiger partial charge in [0.15, 0.2) is 0 Å². The van der Waals surface area contributed by atoms with Crippen molar-refractivity contribution in [1.82, 2.24) is 20.2 Å². The Hall–Kier alpha value is -4.05. The molecule has 2 atom stereocenters. The van der Waals surface area contributed by atoms with Gasteiger partial charge in [-0.05, 0) is 78.8 Å². The second-order valence-electron chi connectivity index (χ2n) is 11.0. The third kappa shape index (κ3) is 7.66. The van der Waals surface area contributed by atoms with Crippen LogP contribution >= 0.6 is 0 Å². The molecule has 0 N–H and O–H groups in total. The molecule has 252 valence electrons. The number of anilines is 2. The first-order valence-corrected chi connectivity index (χ1v) is 14.3. The van der Waals surface area contributed by atoms with Crippen LogP contribution in [-0.2, 0) is 43.3 Å². The predicted octanol–water partition coefficient (Wildman–Crippen LogP) is 8.11. The van der Waals surface area contributed by atoms with Crippen LogP contribution in [0.2, 0.25) is 0 Å². The van der Waals surface area contributed by atoms with Gasteiger partial charge in [-0.1, -0.05) is 25.0 Å². The van der Waals surface area contributed by atoms with Crippen molar-refractivity contribution in [1.29, 1.82) is 0 Å². The highest BCUT2D eigenvalue weighted by Gasteiger charge is 2.40. The maximum atomic E-state index is 14.2. The molecule has 1 aliphatic heterocycles. The van der Waals surface area contributed by atoms with E-state index in [4.69, 9.17) is 4.74 Å². The molecule has 0 saturated carbocycles. The molecule has 1 aliphatic rings. The van der Waals surface area contributed by atoms with Crippen molar-refractivity contribution >= 4 is 17.7 Å². The Morgan fingerprint density at radius 1 is 0.978 bits per heavy atom. The summed E-state index contributed by atoms with van der Waals surface area (Å²) in [5.74, 6) is -0.196. The van der Waals surface area contributed by atoms with Crippen molar-refractivity contribution in [2.75, 3.05) is 16.3 Å². The molecule has 1 aromatic heterocycles. The number of tetrazole rings is 1. The average Bonchev–Trinajstić information content (AvgIpc) is 3.30. The number of aryl methyl sites for hydroxylation is 2. The van der Waals surface area contributed by atoms with Gasteiger partial charge in [0.25, 0.3) is 5.95 Å². The molecule has 0 aliphatic carbocycles. The van der Waals surface area contributed by atoms with Gasteiger partial charge in [-0.25, -0.2) is 4.79 Å². The zero-order chi connectivity index (χ0) is 34.2. The lowest BCUT2D eigenvalue weighted by Gasteiger charge is -2.33. The summed E-state index contributed by atoms with van der Waals surface area (Å²) in [6, 6.07) is 2.22. The van der Waals surface area contributed by atoms with E-state index in [-0.39, 0.29) is 54.6 Å². The monoisotopic (exact) mass is 666 g/mol. The van der Waals surface area contributed by atoms with Gasteiger partial charge in [-0.2, -0.15) is 44.3 Å². The minimum absolute atomic E-state index is 0.00232. The number of alkyl halides is 9. The van der Waals surface area contributed by atoms with E-state index in [2.05, 4.69) is 15.4 Å². The van der Waals surface area contributed by atoms with Gasteiger partial charge in [-0.15, -0.1) is 5.10 Å². The van der Waals surface area contributed by atoms with Crippen LogP contribution in [0.1, 0.15) is 79.5 Å². The fourth-order valence-corrected chi connectivity index (χ4v) is 5.28. The van der Waals surface area contributed by atoms with E-state index in [1.54, 1.807) is 13.8 Å². The smallest absolute Gasteiger partial charge is 0.416 e. The van der Waals surface area contributed by atoms with Crippen molar-refractivity contribution in [2.45, 2.75) is 83.7 Å². The van der Waals surface area contributed by atoms with Crippen molar-refractivity contribution in [2.24, 2.45) is 7.05 Å². The lowest BCUT2D eigenvalue weighted by Crippen LogP contribution is -2.35. The molecular formula is C29H31F9N6O2. The fraction of sp³-hybridized carbons (Fsp3) is 0.517. The Morgan fingerprint density at radius 2 is 1.61 bits per heavy atom. The Morgan fingerprint density at radius 3 is 2.11 bits per heavy atom. The number of benzene rings is 2. The summed E-state index contributed by atoms with van der Waals surface area (Å²) in [6.07, 6.45) is -15.8. The van der Waals surface area contributed by atoms with Crippen LogP contribution < -0.4 is 9.80 Å². The molecular weight excluding hydrogens is 635 g/mol. The summed E-state index contributed by atoms with van der Waals surface area (Å²) in [4.78, 5) is 16.6. The maximum Gasteiger partial charge on any atom is 0.416 e. The van der Waals surface area contributed by atoms with E-state index in [1.165, 1.54) is 24.9 Å². The molecule has 2 aromatic carbocycles. The van der Waals surface area contributed by atoms with Gasteiger partial charge in [0.1, 0.15) is 6.10 Å². The van der Waals surface area contributed by atoms with Crippen molar-refractivity contribution in [3.8, 4) is 0 Å². The molecule has 3 aromatic rings. The van der Waals surface area contributed by atoms with Gasteiger partial charge < -0.3 is 9.64 Å². The number of aromatic nitrogens is 4. The van der Waals surface area contributed by atoms with E-state index >= 15 is 0 Å². The molecule has 0 saturated heterocycles. The third-order valence-corrected chi connectivity index (χ3v) is 7.68. The molecule has 2 heterocycles. The van der Waals surface area contributed by atoms with E-state index in [1.807, 2.05) is 0 Å². The summed E-state index contributed by atoms with van der Waals surface area (Å²) in [5.41, 5.74) is -4.59. The Bertz CT molecular complexity index is 1520. The van der Waals surface area contributed by atoms with Crippen molar-refractivity contribution in [3.05, 3.63) is 63.7 Å². The van der Waals surface area contributed by atoms with Gasteiger partial charge in [0, 0.05) is 13.1 Å². The first kappa shape index (κ1) is 34.8. The molecule has 0 spiro atoms. The Kier molecular flexibility index (Phi) is 9.83. The van der Waals surface area contributed by atoms with Crippen LogP contribution in [0.15, 0.2) is 30.3 Å². The maximum absolute atomic E-state index is 14.2. The minimum Gasteiger partial charge on any atom is -0.446 e. The summed E-state index contributed by atoms with van der Waals surface area (Å²) in [6.45, 7) is 4.18. The largest absolute Gasteiger partial charge is 0.446 e. The number of ether oxygens (including phenoxy) is 1. The third-order valence-electron chi connectivity index (χ3n) is 7.68. The van der Waals surface area contributed by atoms with Gasteiger partial charge in [0.2, 0.25) is 0 Å². The molecule has 0 fully saturated rings. The number of halogens is 9. The Balaban J connectivity index is 1.94. The molecule has 0 bridgehead atoms. The summed E-state index contributed by atoms with van der Waals surface area (Å²) >= 11 is 0. The number of carbonyl (C=O) groups is 1. The second-order valence-corrected chi connectivity index (χ2v) is 11.0. The quantitative estimate of drug-likeness (QED) is 0.237. The topological polar surface area (TPSA) is 76.4 Å². The zero-order valence-corrected chi connectivity index (χ0v) is 25.2. The van der Waals surface area contributed by atoms with E-state index in [0.717, 1.165) is 15.8 Å². The molecule has 0 radical (unpaired) electrons. The van der Waals surface area contributed by atoms with E-state index in [0.29, 0.717) is 18.6 Å². The van der Waals surface area contributed by atoms with Crippen molar-refractivity contribution < 1.29 is 49.0 Å². The number of carbonyl (C=O) groups excluding carboxylic acids is 1. The van der Waals surface area contributed by atoms with E-state index in [9.17, 15) is 44.3 Å². The van der Waals surface area contributed by atoms with Crippen LogP contribution in [0.25, 0.3) is 0 Å². The van der Waals surface area contributed by atoms with E-state index < -0.39 is 65.6 Å². The lowest BCUT2D eigenvalue weighted by molar-refractivity contribution is -0.143. The summed E-state index contributed by atoms with van der Waals surface area (Å²) < 4.78 is 130. The fourth-order valence-electron chi connectivity index (χ4n) is 5.28. The zero-order valence-electron chi connectivity index (χ0n) is 25.2. The van der Waals surface area contributed by atoms with Gasteiger partial charge >= 0.3 is 24.6 Å². The van der Waals surface area contributed by atoms with Crippen LogP contribution in [0.4, 0.5) is 55.9 Å². The highest BCUT2D eigenvalue weighted by atomic mass is 19.4. The number of fused-ring (bicyclic) bond motifs is 1. The van der Waals surface area contributed by atoms with Crippen LogP contribution in [0.3, 0.4) is 0 Å². The number of rotatable bonds is 7. The SMILES string of the molecule is CCc1cc2c(cc1C(F)(F)F)N(C(=O)OC(C)CC)CCC[C@@H]2N(Cc1cc(C(F)(F)F)cc(C(F)(F)F)c1)c1nnn(C)n1. The second kappa shape index (κ2) is 13.0. The van der Waals surface area contributed by atoms with Crippen LogP contribution in [0.5, 0.6) is 0 Å². The van der Waals surface area contributed by atoms with Gasteiger partial charge in [-0.3, -0.25) is 4.90 Å². The molecule has 17 heteroatoms. The molecule has 4 rings (SSSR count). The number of amides is 1. The summed E-state index contributed by atoms with van der Waals surface area (Å²) in [7, 11) is 1.39. The first-order chi connectivity index (χ1) is 21.3. The standard InChI is InChI=1S/C29H31F9N6O2/c1-5-16(3)46-26(45)43-9-7-8-23(21-12-18(6-2)22(14-24(21)43)29(36,37)38)44(25-39-41-42(4)40-25)15-17-10-19(27(30,31)32)13-20(11-17)28(33,34)35/h10-14,16,23H,5-9,15H2,1-4H3/t16?,23-/m0/s1. The number of hydrogen-bond donors (Lipinski definition) is 0. The summed E-state index contributed by atoms with van der Waals surface area (Å²) in [5, 5.41) is 11.8. The van der Waals surface area contributed by atoms with Crippen molar-refractivity contribution in [3.63, 3.8) is 0 Å². The highest BCUT2D eigenvalue weighted by Crippen LogP contribution is 2.45. The average molecular weight is 667 g/mol. The van der Waals surface area contributed by atoms with Crippen LogP contribution in [-0.4, -0.2) is 38.9 Å². The minimum atomic E-state index is -5.11. The highest BCUT2D eigenvalue weighted by molar-refractivity contribution is 5.89. The molecule has 1 unspecified atom stereocenters. The van der Waals surface area contributed by atoms with Crippen LogP contribution in [0, 0.1) is 0 Å². The number of hydrogen-bond acceptors (Lipinski definition) is 6. The Labute approximate surface area is 258 Å².